The van der Waals surface area contributed by atoms with Gasteiger partial charge in [0.05, 0.1) is 12.7 Å². The Morgan fingerprint density at radius 1 is 1.46 bits per heavy atom. The van der Waals surface area contributed by atoms with E-state index in [4.69, 9.17) is 16.3 Å². The van der Waals surface area contributed by atoms with Gasteiger partial charge in [-0.05, 0) is 68.0 Å². The molecule has 26 heavy (non-hydrogen) atoms. The molecule has 0 spiro atoms. The monoisotopic (exact) mass is 393 g/mol. The molecule has 1 heterocycles. The molecule has 1 aliphatic rings. The zero-order valence-electron chi connectivity index (χ0n) is 14.8. The predicted octanol–water partition coefficient (Wildman–Crippen LogP) is 4.01. The topological polar surface area (TPSA) is 58.6 Å². The number of aliphatic hydroxyl groups excluding tert-OH is 1. The summed E-state index contributed by atoms with van der Waals surface area (Å²) < 4.78 is 5.10. The molecule has 0 aliphatic heterocycles. The number of hydrogen-bond donors (Lipinski definition) is 2. The summed E-state index contributed by atoms with van der Waals surface area (Å²) in [7, 11) is 0. The maximum absolute atomic E-state index is 11.9. The van der Waals surface area contributed by atoms with E-state index in [0.717, 1.165) is 31.4 Å². The van der Waals surface area contributed by atoms with Crippen LogP contribution in [-0.2, 0) is 17.6 Å². The van der Waals surface area contributed by atoms with Gasteiger partial charge in [-0.15, -0.1) is 11.3 Å². The Morgan fingerprint density at radius 3 is 3.08 bits per heavy atom. The second kappa shape index (κ2) is 9.00. The van der Waals surface area contributed by atoms with Gasteiger partial charge < -0.3 is 15.2 Å². The summed E-state index contributed by atoms with van der Waals surface area (Å²) >= 11 is 7.54. The lowest BCUT2D eigenvalue weighted by Crippen LogP contribution is -2.30. The molecular weight excluding hydrogens is 370 g/mol. The number of carbonyl (C=O) groups excluding carboxylic acids is 1. The van der Waals surface area contributed by atoms with E-state index in [-0.39, 0.29) is 5.97 Å². The largest absolute Gasteiger partial charge is 0.462 e. The molecule has 0 bridgehead atoms. The third kappa shape index (κ3) is 4.86. The van der Waals surface area contributed by atoms with Gasteiger partial charge in [-0.3, -0.25) is 0 Å². The van der Waals surface area contributed by atoms with Gasteiger partial charge in [0.2, 0.25) is 0 Å². The first-order chi connectivity index (χ1) is 12.6. The van der Waals surface area contributed by atoms with Gasteiger partial charge in [0.15, 0.2) is 0 Å². The number of hydrogen-bond acceptors (Lipinski definition) is 5. The van der Waals surface area contributed by atoms with Crippen molar-refractivity contribution in [2.45, 2.75) is 32.3 Å². The number of fused-ring (bicyclic) bond motifs is 1. The second-order valence-electron chi connectivity index (χ2n) is 6.62. The highest BCUT2D eigenvalue weighted by molar-refractivity contribution is 7.14. The molecule has 6 heteroatoms. The van der Waals surface area contributed by atoms with Crippen LogP contribution in [0.3, 0.4) is 0 Å². The van der Waals surface area contributed by atoms with Gasteiger partial charge in [-0.2, -0.15) is 0 Å². The maximum atomic E-state index is 11.9. The number of benzene rings is 1. The molecule has 3 rings (SSSR count). The van der Waals surface area contributed by atoms with Crippen LogP contribution in [0, 0.1) is 5.92 Å². The molecular formula is C20H24ClNO3S. The van der Waals surface area contributed by atoms with Crippen molar-refractivity contribution in [3.63, 3.8) is 0 Å². The van der Waals surface area contributed by atoms with Crippen molar-refractivity contribution in [1.82, 2.24) is 5.32 Å². The quantitative estimate of drug-likeness (QED) is 0.698. The third-order valence-corrected chi connectivity index (χ3v) is 6.12. The number of carbonyl (C=O) groups is 1. The van der Waals surface area contributed by atoms with Crippen LogP contribution in [0.15, 0.2) is 30.3 Å². The van der Waals surface area contributed by atoms with Gasteiger partial charge in [-0.25, -0.2) is 4.79 Å². The number of ether oxygens (including phenoxy) is 1. The van der Waals surface area contributed by atoms with E-state index in [9.17, 15) is 9.90 Å². The summed E-state index contributed by atoms with van der Waals surface area (Å²) in [6.07, 6.45) is 2.49. The second-order valence-corrected chi connectivity index (χ2v) is 8.19. The number of aryl methyl sites for hydroxylation is 1. The number of aliphatic hydroxyl groups is 1. The zero-order valence-corrected chi connectivity index (χ0v) is 16.4. The van der Waals surface area contributed by atoms with E-state index in [1.54, 1.807) is 23.5 Å². The van der Waals surface area contributed by atoms with E-state index in [1.807, 2.05) is 25.1 Å². The van der Waals surface area contributed by atoms with Crippen LogP contribution < -0.4 is 5.32 Å². The van der Waals surface area contributed by atoms with Crippen LogP contribution in [0.2, 0.25) is 5.02 Å². The molecule has 140 valence electrons. The Labute approximate surface area is 163 Å². The predicted molar refractivity (Wildman–Crippen MR) is 105 cm³/mol. The van der Waals surface area contributed by atoms with Gasteiger partial charge in [0.1, 0.15) is 4.88 Å². The number of nitrogens with one attached hydrogen (secondary N) is 1. The minimum atomic E-state index is -0.565. The summed E-state index contributed by atoms with van der Waals surface area (Å²) in [5.74, 6) is 0.296. The van der Waals surface area contributed by atoms with E-state index in [0.29, 0.717) is 29.0 Å². The molecule has 0 saturated carbocycles. The zero-order chi connectivity index (χ0) is 18.5. The molecule has 1 aromatic heterocycles. The van der Waals surface area contributed by atoms with Crippen LogP contribution >= 0.6 is 22.9 Å². The summed E-state index contributed by atoms with van der Waals surface area (Å²) in [5, 5.41) is 14.3. The van der Waals surface area contributed by atoms with E-state index in [1.165, 1.54) is 10.4 Å². The number of rotatable bonds is 7. The van der Waals surface area contributed by atoms with Crippen LogP contribution in [0.1, 0.15) is 45.1 Å². The maximum Gasteiger partial charge on any atom is 0.348 e. The average molecular weight is 394 g/mol. The summed E-state index contributed by atoms with van der Waals surface area (Å²) in [5.41, 5.74) is 2.10. The molecule has 2 N–H and O–H groups in total. The van der Waals surface area contributed by atoms with Crippen LogP contribution in [0.25, 0.3) is 0 Å². The normalized spacial score (nSPS) is 17.6. The summed E-state index contributed by atoms with van der Waals surface area (Å²) in [6, 6.07) is 9.32. The van der Waals surface area contributed by atoms with Crippen molar-refractivity contribution in [3.8, 4) is 0 Å². The highest BCUT2D eigenvalue weighted by Crippen LogP contribution is 2.32. The van der Waals surface area contributed by atoms with Gasteiger partial charge >= 0.3 is 5.97 Å². The highest BCUT2D eigenvalue weighted by atomic mass is 35.5. The van der Waals surface area contributed by atoms with E-state index < -0.39 is 6.10 Å². The molecule has 0 radical (unpaired) electrons. The van der Waals surface area contributed by atoms with Crippen molar-refractivity contribution in [2.75, 3.05) is 19.7 Å². The standard InChI is InChI=1S/C20H24ClNO3S/c1-2-25-20(24)19-10-15-8-13(6-7-18(15)26-19)11-22-12-17(23)14-4-3-5-16(21)9-14/h3-5,9-10,13,17,22-23H,2,6-8,11-12H2,1H3. The van der Waals surface area contributed by atoms with Crippen LogP contribution in [0.5, 0.6) is 0 Å². The summed E-state index contributed by atoms with van der Waals surface area (Å²) in [6.45, 7) is 3.58. The average Bonchev–Trinajstić information content (AvgIpc) is 3.05. The fraction of sp³-hybridized carbons (Fsp3) is 0.450. The van der Waals surface area contributed by atoms with E-state index >= 15 is 0 Å². The van der Waals surface area contributed by atoms with Crippen molar-refractivity contribution in [2.24, 2.45) is 5.92 Å². The molecule has 2 atom stereocenters. The lowest BCUT2D eigenvalue weighted by molar-refractivity contribution is 0.0532. The molecule has 2 aromatic rings. The number of halogens is 1. The highest BCUT2D eigenvalue weighted by Gasteiger charge is 2.23. The Hall–Kier alpha value is -1.40. The molecule has 1 aliphatic carbocycles. The Bertz CT molecular complexity index is 761. The van der Waals surface area contributed by atoms with Crippen molar-refractivity contribution >= 4 is 28.9 Å². The Morgan fingerprint density at radius 2 is 2.31 bits per heavy atom. The number of thiophene rings is 1. The fourth-order valence-corrected chi connectivity index (χ4v) is 4.63. The fourth-order valence-electron chi connectivity index (χ4n) is 3.33. The van der Waals surface area contributed by atoms with Crippen LogP contribution in [0.4, 0.5) is 0 Å². The molecule has 1 aromatic carbocycles. The first-order valence-electron chi connectivity index (χ1n) is 8.99. The Kier molecular flexibility index (Phi) is 6.70. The molecule has 0 saturated heterocycles. The first-order valence-corrected chi connectivity index (χ1v) is 10.2. The first kappa shape index (κ1) is 19.4. The van der Waals surface area contributed by atoms with Gasteiger partial charge in [0, 0.05) is 16.4 Å². The SMILES string of the molecule is CCOC(=O)c1cc2c(s1)CCC(CNCC(O)c1cccc(Cl)c1)C2. The molecule has 0 fully saturated rings. The van der Waals surface area contributed by atoms with Gasteiger partial charge in [0.25, 0.3) is 0 Å². The minimum absolute atomic E-state index is 0.216. The van der Waals surface area contributed by atoms with E-state index in [2.05, 4.69) is 5.32 Å². The van der Waals surface area contributed by atoms with Gasteiger partial charge in [-0.1, -0.05) is 23.7 Å². The minimum Gasteiger partial charge on any atom is -0.462 e. The molecule has 4 nitrogen and oxygen atoms in total. The van der Waals surface area contributed by atoms with Crippen molar-refractivity contribution in [3.05, 3.63) is 56.2 Å². The summed E-state index contributed by atoms with van der Waals surface area (Å²) in [4.78, 5) is 13.9. The smallest absolute Gasteiger partial charge is 0.348 e. The third-order valence-electron chi connectivity index (χ3n) is 4.67. The molecule has 0 amide bonds. The van der Waals surface area contributed by atoms with Crippen LogP contribution in [-0.4, -0.2) is 30.8 Å². The van der Waals surface area contributed by atoms with Crippen molar-refractivity contribution in [1.29, 1.82) is 0 Å². The Balaban J connectivity index is 1.49. The molecule has 2 unspecified atom stereocenters. The van der Waals surface area contributed by atoms with Crippen molar-refractivity contribution < 1.29 is 14.6 Å². The lowest BCUT2D eigenvalue weighted by Gasteiger charge is -2.23. The lowest BCUT2D eigenvalue weighted by atomic mass is 9.88. The number of esters is 1.